The van der Waals surface area contributed by atoms with Gasteiger partial charge in [-0.1, -0.05) is 19.1 Å². The number of ether oxygens (including phenoxy) is 1. The van der Waals surface area contributed by atoms with Crippen molar-refractivity contribution in [1.29, 1.82) is 0 Å². The molecule has 0 aliphatic heterocycles. The van der Waals surface area contributed by atoms with E-state index in [1.165, 1.54) is 5.56 Å². The smallest absolute Gasteiger partial charge is 0.194 e. The molecule has 0 amide bonds. The molecule has 0 saturated heterocycles. The van der Waals surface area contributed by atoms with Crippen molar-refractivity contribution >= 4 is 29.9 Å². The Balaban J connectivity index is 0.00000341. The van der Waals surface area contributed by atoms with Gasteiger partial charge < -0.3 is 23.9 Å². The fraction of sp³-hybridized carbons (Fsp3) is 0.409. The highest BCUT2D eigenvalue weighted by atomic mass is 127. The van der Waals surface area contributed by atoms with Crippen LogP contribution in [0.5, 0.6) is 5.75 Å². The summed E-state index contributed by atoms with van der Waals surface area (Å²) < 4.78 is 13.0. The molecule has 2 aromatic heterocycles. The maximum absolute atomic E-state index is 5.53. The maximum Gasteiger partial charge on any atom is 0.194 e. The summed E-state index contributed by atoms with van der Waals surface area (Å²) in [6.07, 6.45) is 4.29. The molecule has 3 aromatic rings. The number of nitrogens with zero attached hydrogens (tertiary/aromatic N) is 5. The summed E-state index contributed by atoms with van der Waals surface area (Å²) in [5.74, 6) is 3.50. The van der Waals surface area contributed by atoms with Gasteiger partial charge in [-0.05, 0) is 36.8 Å². The Kier molecular flexibility index (Phi) is 10.3. The molecule has 0 bridgehead atoms. The summed E-state index contributed by atoms with van der Waals surface area (Å²) >= 11 is 0. The van der Waals surface area contributed by atoms with Gasteiger partial charge in [0.1, 0.15) is 30.2 Å². The minimum Gasteiger partial charge on any atom is -0.494 e. The van der Waals surface area contributed by atoms with Crippen molar-refractivity contribution in [1.82, 2.24) is 25.0 Å². The zero-order valence-corrected chi connectivity index (χ0v) is 20.7. The number of aryl methyl sites for hydroxylation is 1. The second-order valence-corrected chi connectivity index (χ2v) is 6.87. The van der Waals surface area contributed by atoms with Crippen molar-refractivity contribution in [3.63, 3.8) is 0 Å². The number of aromatic nitrogens is 3. The molecule has 0 unspecified atom stereocenters. The number of benzene rings is 1. The van der Waals surface area contributed by atoms with Crippen molar-refractivity contribution in [2.45, 2.75) is 39.9 Å². The number of aliphatic imine (C=N–C) groups is 1. The van der Waals surface area contributed by atoms with Gasteiger partial charge in [-0.25, -0.2) is 4.99 Å². The Hall–Kier alpha value is -2.56. The predicted molar refractivity (Wildman–Crippen MR) is 132 cm³/mol. The summed E-state index contributed by atoms with van der Waals surface area (Å²) in [4.78, 5) is 6.85. The number of guanidine groups is 1. The topological polar surface area (TPSA) is 80.7 Å². The fourth-order valence-electron chi connectivity index (χ4n) is 3.10. The van der Waals surface area contributed by atoms with E-state index in [1.807, 2.05) is 38.2 Å². The van der Waals surface area contributed by atoms with E-state index < -0.39 is 0 Å². The number of hydrogen-bond donors (Lipinski definition) is 1. The molecule has 1 aromatic carbocycles. The predicted octanol–water partition coefficient (Wildman–Crippen LogP) is 3.73. The van der Waals surface area contributed by atoms with Gasteiger partial charge in [-0.2, -0.15) is 0 Å². The molecule has 2 heterocycles. The van der Waals surface area contributed by atoms with E-state index in [4.69, 9.17) is 14.1 Å². The van der Waals surface area contributed by atoms with Gasteiger partial charge in [0.15, 0.2) is 5.96 Å². The third-order valence-electron chi connectivity index (χ3n) is 4.63. The molecule has 31 heavy (non-hydrogen) atoms. The fourth-order valence-corrected chi connectivity index (χ4v) is 3.10. The first-order valence-corrected chi connectivity index (χ1v) is 10.3. The molecule has 1 N–H and O–H groups in total. The summed E-state index contributed by atoms with van der Waals surface area (Å²) in [5.41, 5.74) is 1.18. The van der Waals surface area contributed by atoms with Crippen LogP contribution >= 0.6 is 24.0 Å². The lowest BCUT2D eigenvalue weighted by Crippen LogP contribution is -2.40. The van der Waals surface area contributed by atoms with Crippen molar-refractivity contribution in [2.24, 2.45) is 4.99 Å². The largest absolute Gasteiger partial charge is 0.494 e. The molecule has 8 nitrogen and oxygen atoms in total. The van der Waals surface area contributed by atoms with E-state index in [0.29, 0.717) is 13.2 Å². The first-order valence-electron chi connectivity index (χ1n) is 10.3. The van der Waals surface area contributed by atoms with Crippen LogP contribution in [0.3, 0.4) is 0 Å². The molecule has 0 spiro atoms. The quantitative estimate of drug-likeness (QED) is 0.241. The Morgan fingerprint density at radius 2 is 2.03 bits per heavy atom. The third-order valence-corrected chi connectivity index (χ3v) is 4.63. The van der Waals surface area contributed by atoms with Crippen LogP contribution in [-0.4, -0.2) is 45.8 Å². The van der Waals surface area contributed by atoms with Crippen LogP contribution in [0.15, 0.2) is 58.4 Å². The molecule has 0 aliphatic rings. The number of hydrogen-bond acceptors (Lipinski definition) is 5. The highest BCUT2D eigenvalue weighted by Crippen LogP contribution is 2.13. The number of halogens is 1. The second-order valence-electron chi connectivity index (χ2n) is 6.87. The highest BCUT2D eigenvalue weighted by molar-refractivity contribution is 14.0. The molecule has 0 atom stereocenters. The Morgan fingerprint density at radius 3 is 2.71 bits per heavy atom. The Labute approximate surface area is 200 Å². The molecule has 0 saturated carbocycles. The first-order chi connectivity index (χ1) is 14.7. The van der Waals surface area contributed by atoms with E-state index in [1.54, 1.807) is 12.6 Å². The van der Waals surface area contributed by atoms with Crippen LogP contribution in [0.25, 0.3) is 0 Å². The van der Waals surface area contributed by atoms with Crippen LogP contribution in [0.4, 0.5) is 0 Å². The van der Waals surface area contributed by atoms with Crippen LogP contribution < -0.4 is 10.1 Å². The minimum absolute atomic E-state index is 0. The standard InChI is InChI=1S/C22H30N6O2.HI/c1-4-21-26-25-17-28(21)13-12-23-22(24-15-20-7-6-14-30-20)27(3)16-18-8-10-19(11-9-18)29-5-2;/h6-11,14,17H,4-5,12-13,15-16H2,1-3H3,(H,23,24);1H. The molecule has 168 valence electrons. The van der Waals surface area contributed by atoms with E-state index in [2.05, 4.69) is 44.0 Å². The summed E-state index contributed by atoms with van der Waals surface area (Å²) in [6, 6.07) is 12.0. The molecular weight excluding hydrogens is 507 g/mol. The van der Waals surface area contributed by atoms with Gasteiger partial charge >= 0.3 is 0 Å². The molecule has 9 heteroatoms. The number of furan rings is 1. The third kappa shape index (κ3) is 7.57. The minimum atomic E-state index is 0. The summed E-state index contributed by atoms with van der Waals surface area (Å²) in [5, 5.41) is 11.6. The van der Waals surface area contributed by atoms with Gasteiger partial charge in [0, 0.05) is 33.1 Å². The monoisotopic (exact) mass is 538 g/mol. The van der Waals surface area contributed by atoms with E-state index >= 15 is 0 Å². The normalized spacial score (nSPS) is 11.1. The number of nitrogens with one attached hydrogen (secondary N) is 1. The molecular formula is C22H31IN6O2. The molecule has 0 aliphatic carbocycles. The first kappa shape index (κ1) is 24.7. The Bertz CT molecular complexity index is 908. The van der Waals surface area contributed by atoms with E-state index in [9.17, 15) is 0 Å². The molecule has 0 fully saturated rings. The lowest BCUT2D eigenvalue weighted by molar-refractivity contribution is 0.340. The average Bonchev–Trinajstić information content (AvgIpc) is 3.43. The molecule has 3 rings (SSSR count). The zero-order valence-electron chi connectivity index (χ0n) is 18.3. The van der Waals surface area contributed by atoms with E-state index in [0.717, 1.165) is 49.3 Å². The highest BCUT2D eigenvalue weighted by Gasteiger charge is 2.09. The van der Waals surface area contributed by atoms with E-state index in [-0.39, 0.29) is 24.0 Å². The van der Waals surface area contributed by atoms with Crippen LogP contribution in [0.2, 0.25) is 0 Å². The van der Waals surface area contributed by atoms with Gasteiger partial charge in [0.25, 0.3) is 0 Å². The van der Waals surface area contributed by atoms with Crippen molar-refractivity contribution in [2.75, 3.05) is 20.2 Å². The van der Waals surface area contributed by atoms with Gasteiger partial charge in [-0.15, -0.1) is 34.2 Å². The van der Waals surface area contributed by atoms with Crippen molar-refractivity contribution in [3.05, 3.63) is 66.1 Å². The summed E-state index contributed by atoms with van der Waals surface area (Å²) in [7, 11) is 2.03. The Morgan fingerprint density at radius 1 is 1.23 bits per heavy atom. The van der Waals surface area contributed by atoms with Crippen LogP contribution in [-0.2, 0) is 26.1 Å². The lowest BCUT2D eigenvalue weighted by Gasteiger charge is -2.23. The lowest BCUT2D eigenvalue weighted by atomic mass is 10.2. The average molecular weight is 538 g/mol. The molecule has 0 radical (unpaired) electrons. The van der Waals surface area contributed by atoms with Gasteiger partial charge in [-0.3, -0.25) is 0 Å². The van der Waals surface area contributed by atoms with Gasteiger partial charge in [0.05, 0.1) is 12.9 Å². The number of rotatable bonds is 10. The summed E-state index contributed by atoms with van der Waals surface area (Å²) in [6.45, 7) is 7.42. The zero-order chi connectivity index (χ0) is 21.2. The van der Waals surface area contributed by atoms with Crippen LogP contribution in [0.1, 0.15) is 31.0 Å². The van der Waals surface area contributed by atoms with Crippen molar-refractivity contribution in [3.8, 4) is 5.75 Å². The second kappa shape index (κ2) is 13.0. The SMILES string of the molecule is CCOc1ccc(CN(C)C(=NCc2ccco2)NCCn2cnnc2CC)cc1.I. The van der Waals surface area contributed by atoms with Crippen molar-refractivity contribution < 1.29 is 9.15 Å². The maximum atomic E-state index is 5.53. The van der Waals surface area contributed by atoms with Crippen LogP contribution in [0, 0.1) is 0 Å². The van der Waals surface area contributed by atoms with Gasteiger partial charge in [0.2, 0.25) is 0 Å².